The van der Waals surface area contributed by atoms with E-state index in [9.17, 15) is 9.59 Å². The average molecular weight is 595 g/mol. The predicted octanol–water partition coefficient (Wildman–Crippen LogP) is 4.93. The standard InChI is InChI=1S/C33H38O10/c1-15(2)18-8-7-16(3)9-21(18)41-32-27-26-19-12-22-23(40-14-39-22)13-20(19)33(43-30(26)34,28(27)31(35)42-32)17-10-24(36-4)29(38-6)25(11-17)37-5/h10-13,15-16,18,21,26-28,32H,7-9,14H2,1-6H3/t16-,18+,21-,26+,27-,28+,32-,33-/m1/s1. The molecule has 8 rings (SSSR count). The van der Waals surface area contributed by atoms with Crippen molar-refractivity contribution in [1.29, 1.82) is 0 Å². The van der Waals surface area contributed by atoms with Gasteiger partial charge < -0.3 is 37.9 Å². The minimum atomic E-state index is -1.56. The third-order valence-corrected chi connectivity index (χ3v) is 10.2. The van der Waals surface area contributed by atoms with Gasteiger partial charge in [-0.1, -0.05) is 27.2 Å². The second-order valence-corrected chi connectivity index (χ2v) is 12.7. The molecule has 230 valence electrons. The SMILES string of the molecule is COc1cc([C@@]23OC(=O)[C@@H](c4cc5c(cc42)OCO5)[C@H]2[C@H](O[C@@H]4C[C@H](C)CC[C@H]4C(C)C)OC(=O)[C@H]23)cc(OC)c1OC. The van der Waals surface area contributed by atoms with Gasteiger partial charge in [0.1, 0.15) is 5.92 Å². The second-order valence-electron chi connectivity index (χ2n) is 12.7. The monoisotopic (exact) mass is 594 g/mol. The summed E-state index contributed by atoms with van der Waals surface area (Å²) in [6.45, 7) is 6.71. The van der Waals surface area contributed by atoms with E-state index >= 15 is 0 Å². The molecule has 10 heteroatoms. The molecule has 4 aliphatic heterocycles. The van der Waals surface area contributed by atoms with E-state index < -0.39 is 41.6 Å². The summed E-state index contributed by atoms with van der Waals surface area (Å²) in [5.41, 5.74) is 0.278. The normalized spacial score (nSPS) is 33.5. The molecule has 3 fully saturated rings. The Kier molecular flexibility index (Phi) is 6.68. The third kappa shape index (κ3) is 4.01. The summed E-state index contributed by atoms with van der Waals surface area (Å²) in [6.07, 6.45) is 2.05. The molecule has 4 heterocycles. The van der Waals surface area contributed by atoms with Crippen LogP contribution in [0.25, 0.3) is 0 Å². The van der Waals surface area contributed by atoms with Gasteiger partial charge in [0.15, 0.2) is 28.6 Å². The highest BCUT2D eigenvalue weighted by molar-refractivity contribution is 5.91. The maximum atomic E-state index is 14.1. The highest BCUT2D eigenvalue weighted by Crippen LogP contribution is 2.65. The van der Waals surface area contributed by atoms with Crippen molar-refractivity contribution in [1.82, 2.24) is 0 Å². The molecular weight excluding hydrogens is 556 g/mol. The molecule has 2 aromatic rings. The van der Waals surface area contributed by atoms with Crippen LogP contribution in [0.15, 0.2) is 24.3 Å². The maximum absolute atomic E-state index is 14.1. The number of carbonyl (C=O) groups excluding carboxylic acids is 2. The van der Waals surface area contributed by atoms with Crippen LogP contribution in [-0.4, -0.2) is 52.5 Å². The number of benzene rings is 2. The Balaban J connectivity index is 1.41. The first-order valence-electron chi connectivity index (χ1n) is 15.0. The zero-order chi connectivity index (χ0) is 30.2. The van der Waals surface area contributed by atoms with Gasteiger partial charge in [-0.15, -0.1) is 0 Å². The van der Waals surface area contributed by atoms with Crippen LogP contribution in [0, 0.1) is 29.6 Å². The molecule has 2 aromatic carbocycles. The van der Waals surface area contributed by atoms with Crippen LogP contribution in [0.3, 0.4) is 0 Å². The smallest absolute Gasteiger partial charge is 0.316 e. The third-order valence-electron chi connectivity index (χ3n) is 10.2. The van der Waals surface area contributed by atoms with Crippen LogP contribution >= 0.6 is 0 Å². The molecule has 6 aliphatic rings. The molecule has 8 atom stereocenters. The van der Waals surface area contributed by atoms with Crippen LogP contribution in [0.4, 0.5) is 0 Å². The average Bonchev–Trinajstić information content (AvgIpc) is 3.59. The molecule has 0 spiro atoms. The van der Waals surface area contributed by atoms with Crippen molar-refractivity contribution in [2.45, 2.75) is 63.9 Å². The molecule has 0 aromatic heterocycles. The Hall–Kier alpha value is -3.66. The molecular formula is C33H38O10. The molecule has 10 nitrogen and oxygen atoms in total. The van der Waals surface area contributed by atoms with Crippen LogP contribution in [-0.2, 0) is 29.4 Å². The highest BCUT2D eigenvalue weighted by atomic mass is 16.7. The van der Waals surface area contributed by atoms with Crippen molar-refractivity contribution in [3.63, 3.8) is 0 Å². The Labute approximate surface area is 250 Å². The molecule has 43 heavy (non-hydrogen) atoms. The van der Waals surface area contributed by atoms with Crippen molar-refractivity contribution in [3.8, 4) is 28.7 Å². The number of esters is 2. The van der Waals surface area contributed by atoms with Crippen LogP contribution in [0.2, 0.25) is 0 Å². The Morgan fingerprint density at radius 1 is 0.907 bits per heavy atom. The Morgan fingerprint density at radius 3 is 2.26 bits per heavy atom. The first kappa shape index (κ1) is 28.1. The lowest BCUT2D eigenvalue weighted by Crippen LogP contribution is -2.59. The van der Waals surface area contributed by atoms with Crippen LogP contribution < -0.4 is 23.7 Å². The molecule has 2 bridgehead atoms. The number of hydrogen-bond donors (Lipinski definition) is 0. The lowest BCUT2D eigenvalue weighted by Gasteiger charge is -2.52. The number of fused-ring (bicyclic) bond motifs is 2. The molecule has 0 amide bonds. The predicted molar refractivity (Wildman–Crippen MR) is 151 cm³/mol. The maximum Gasteiger partial charge on any atom is 0.316 e. The molecule has 0 N–H and O–H groups in total. The highest BCUT2D eigenvalue weighted by Gasteiger charge is 2.72. The van der Waals surface area contributed by atoms with E-state index in [1.807, 2.05) is 12.1 Å². The fourth-order valence-electron chi connectivity index (χ4n) is 8.15. The number of hydrogen-bond acceptors (Lipinski definition) is 10. The van der Waals surface area contributed by atoms with Gasteiger partial charge in [0, 0.05) is 11.1 Å². The molecule has 2 aliphatic carbocycles. The van der Waals surface area contributed by atoms with Gasteiger partial charge in [-0.3, -0.25) is 9.59 Å². The lowest BCUT2D eigenvalue weighted by molar-refractivity contribution is -0.211. The van der Waals surface area contributed by atoms with E-state index in [2.05, 4.69) is 20.8 Å². The Bertz CT molecular complexity index is 1440. The van der Waals surface area contributed by atoms with Crippen molar-refractivity contribution in [2.75, 3.05) is 28.1 Å². The van der Waals surface area contributed by atoms with E-state index in [1.165, 1.54) is 21.3 Å². The van der Waals surface area contributed by atoms with Crippen LogP contribution in [0.1, 0.15) is 62.6 Å². The zero-order valence-corrected chi connectivity index (χ0v) is 25.3. The quantitative estimate of drug-likeness (QED) is 0.410. The van der Waals surface area contributed by atoms with Crippen molar-refractivity contribution in [3.05, 3.63) is 41.0 Å². The second kappa shape index (κ2) is 10.2. The number of cyclic esters (lactones) is 1. The van der Waals surface area contributed by atoms with Crippen LogP contribution in [0.5, 0.6) is 28.7 Å². The van der Waals surface area contributed by atoms with Gasteiger partial charge in [0.2, 0.25) is 18.8 Å². The lowest BCUT2D eigenvalue weighted by atomic mass is 9.57. The first-order valence-corrected chi connectivity index (χ1v) is 15.0. The summed E-state index contributed by atoms with van der Waals surface area (Å²) >= 11 is 0. The molecule has 1 saturated carbocycles. The van der Waals surface area contributed by atoms with E-state index in [0.29, 0.717) is 63.2 Å². The summed E-state index contributed by atoms with van der Waals surface area (Å²) in [5.74, 6) is 0.175. The minimum Gasteiger partial charge on any atom is -0.493 e. The van der Waals surface area contributed by atoms with Gasteiger partial charge in [-0.05, 0) is 60.4 Å². The molecule has 2 saturated heterocycles. The first-order chi connectivity index (χ1) is 20.7. The summed E-state index contributed by atoms with van der Waals surface area (Å²) in [7, 11) is 4.55. The number of rotatable bonds is 7. The van der Waals surface area contributed by atoms with E-state index in [0.717, 1.165) is 19.3 Å². The molecule has 0 radical (unpaired) electrons. The fourth-order valence-corrected chi connectivity index (χ4v) is 8.15. The Morgan fingerprint density at radius 2 is 1.60 bits per heavy atom. The van der Waals surface area contributed by atoms with E-state index in [4.69, 9.17) is 37.9 Å². The van der Waals surface area contributed by atoms with Crippen molar-refractivity contribution >= 4 is 11.9 Å². The van der Waals surface area contributed by atoms with Crippen molar-refractivity contribution in [2.24, 2.45) is 29.6 Å². The summed E-state index contributed by atoms with van der Waals surface area (Å²) in [4.78, 5) is 28.1. The van der Waals surface area contributed by atoms with Gasteiger partial charge in [-0.25, -0.2) is 0 Å². The summed E-state index contributed by atoms with van der Waals surface area (Å²) in [5, 5.41) is 0. The fraction of sp³-hybridized carbons (Fsp3) is 0.576. The van der Waals surface area contributed by atoms with E-state index in [1.54, 1.807) is 12.1 Å². The number of ether oxygens (including phenoxy) is 8. The topological polar surface area (TPSA) is 108 Å². The van der Waals surface area contributed by atoms with Crippen molar-refractivity contribution < 1.29 is 47.5 Å². The van der Waals surface area contributed by atoms with Gasteiger partial charge in [-0.2, -0.15) is 0 Å². The summed E-state index contributed by atoms with van der Waals surface area (Å²) in [6, 6.07) is 7.11. The summed E-state index contributed by atoms with van der Waals surface area (Å²) < 4.78 is 47.6. The minimum absolute atomic E-state index is 0.0615. The van der Waals surface area contributed by atoms with E-state index in [-0.39, 0.29) is 12.9 Å². The number of carbonyl (C=O) groups is 2. The number of methoxy groups -OCH3 is 3. The molecule has 0 unspecified atom stereocenters. The van der Waals surface area contributed by atoms with Gasteiger partial charge in [0.25, 0.3) is 0 Å². The largest absolute Gasteiger partial charge is 0.493 e. The van der Waals surface area contributed by atoms with Gasteiger partial charge in [0.05, 0.1) is 39.3 Å². The van der Waals surface area contributed by atoms with Gasteiger partial charge >= 0.3 is 11.9 Å². The zero-order valence-electron chi connectivity index (χ0n) is 25.3.